The maximum absolute atomic E-state index is 13.3. The molecule has 0 aliphatic carbocycles. The number of hydrogen-bond donors (Lipinski definition) is 1. The molecule has 0 aliphatic rings. The van der Waals surface area contributed by atoms with Crippen LogP contribution in [0.15, 0.2) is 12.2 Å². The molecule has 0 N–H and O–H groups in total. The topological polar surface area (TPSA) is 61.8 Å². The van der Waals surface area contributed by atoms with Crippen molar-refractivity contribution < 1.29 is 45.8 Å². The largest absolute Gasteiger partial charge is 0.468 e. The molecule has 0 heterocycles. The van der Waals surface area contributed by atoms with Gasteiger partial charge >= 0.3 is 29.2 Å². The van der Waals surface area contributed by atoms with Gasteiger partial charge in [-0.05, 0) is 20.8 Å². The number of carbonyl (C=O) groups excluding carboxylic acids is 2. The summed E-state index contributed by atoms with van der Waals surface area (Å²) in [6.45, 7) is 4.46. The van der Waals surface area contributed by atoms with Crippen LogP contribution in [-0.2, 0) is 23.8 Å². The van der Waals surface area contributed by atoms with Crippen LogP contribution in [0, 0.1) is 0 Å². The van der Waals surface area contributed by atoms with Crippen LogP contribution in [0.25, 0.3) is 0 Å². The Morgan fingerprint density at radius 1 is 1.17 bits per heavy atom. The fourth-order valence-corrected chi connectivity index (χ4v) is 1.15. The van der Waals surface area contributed by atoms with Crippen LogP contribution in [-0.4, -0.2) is 41.9 Å². The van der Waals surface area contributed by atoms with Crippen molar-refractivity contribution in [2.45, 2.75) is 44.1 Å². The van der Waals surface area contributed by atoms with E-state index in [-0.39, 0.29) is 0 Å². The van der Waals surface area contributed by atoms with E-state index in [1.54, 1.807) is 0 Å². The first-order valence-electron chi connectivity index (χ1n) is 6.03. The summed E-state index contributed by atoms with van der Waals surface area (Å²) < 4.78 is 77.5. The molecule has 134 valence electrons. The maximum Gasteiger partial charge on any atom is 0.468 e. The molecule has 5 nitrogen and oxygen atoms in total. The Morgan fingerprint density at radius 2 is 1.65 bits per heavy atom. The lowest BCUT2D eigenvalue weighted by atomic mass is 10.2. The Morgan fingerprint density at radius 3 is 1.96 bits per heavy atom. The summed E-state index contributed by atoms with van der Waals surface area (Å²) in [6.07, 6.45) is -6.75. The van der Waals surface area contributed by atoms with Gasteiger partial charge in [0.05, 0.1) is 6.10 Å². The highest BCUT2D eigenvalue weighted by atomic mass is 32.1. The Balaban J connectivity index is 5.87. The molecule has 0 bridgehead atoms. The molecular formula is C12H15F5O5S. The quantitative estimate of drug-likeness (QED) is 0.247. The monoisotopic (exact) mass is 366 g/mol. The molecule has 0 aromatic heterocycles. The first-order valence-corrected chi connectivity index (χ1v) is 6.48. The van der Waals surface area contributed by atoms with Crippen LogP contribution < -0.4 is 0 Å². The highest BCUT2D eigenvalue weighted by molar-refractivity contribution is 7.81. The molecule has 0 aromatic carbocycles. The number of thiol groups is 1. The van der Waals surface area contributed by atoms with E-state index in [4.69, 9.17) is 0 Å². The molecule has 11 heteroatoms. The standard InChI is InChI=1S/C12H15F5O5S/c1-6(2)8(18)22-11(12(15,16)17,9(19)21-7(3)4)20-5-10(13,14)23/h7,23H,1,5H2,2-4H3. The Labute approximate surface area is 134 Å². The van der Waals surface area contributed by atoms with Crippen LogP contribution in [0.3, 0.4) is 0 Å². The van der Waals surface area contributed by atoms with Crippen molar-refractivity contribution in [1.82, 2.24) is 0 Å². The van der Waals surface area contributed by atoms with E-state index in [0.717, 1.165) is 6.92 Å². The first kappa shape index (κ1) is 21.6. The molecule has 0 rings (SSSR count). The molecular weight excluding hydrogens is 351 g/mol. The van der Waals surface area contributed by atoms with E-state index in [2.05, 4.69) is 33.4 Å². The van der Waals surface area contributed by atoms with E-state index in [1.165, 1.54) is 13.8 Å². The zero-order chi connectivity index (χ0) is 18.6. The van der Waals surface area contributed by atoms with Gasteiger partial charge in [-0.25, -0.2) is 9.59 Å². The van der Waals surface area contributed by atoms with Crippen LogP contribution in [0.2, 0.25) is 0 Å². The SMILES string of the molecule is C=C(C)C(=O)OC(OCC(F)(F)S)(C(=O)OC(C)C)C(F)(F)F. The fourth-order valence-electron chi connectivity index (χ4n) is 1.08. The second-order valence-electron chi connectivity index (χ2n) is 4.69. The molecule has 0 saturated carbocycles. The highest BCUT2D eigenvalue weighted by Crippen LogP contribution is 2.38. The molecule has 0 fully saturated rings. The summed E-state index contributed by atoms with van der Waals surface area (Å²) in [5, 5.41) is -4.02. The molecule has 23 heavy (non-hydrogen) atoms. The lowest BCUT2D eigenvalue weighted by Gasteiger charge is -2.33. The number of hydrogen-bond acceptors (Lipinski definition) is 6. The van der Waals surface area contributed by atoms with Gasteiger partial charge in [-0.15, -0.1) is 12.6 Å². The third kappa shape index (κ3) is 6.34. The van der Waals surface area contributed by atoms with Gasteiger partial charge in [0.25, 0.3) is 0 Å². The minimum atomic E-state index is -5.69. The molecule has 0 amide bonds. The molecule has 0 saturated heterocycles. The predicted octanol–water partition coefficient (Wildman–Crippen LogP) is 2.86. The van der Waals surface area contributed by atoms with Crippen LogP contribution in [0.5, 0.6) is 0 Å². The molecule has 0 aromatic rings. The molecule has 1 atom stereocenters. The summed E-state index contributed by atoms with van der Waals surface area (Å²) in [5.41, 5.74) is -0.516. The molecule has 0 aliphatic heterocycles. The molecule has 1 unspecified atom stereocenters. The van der Waals surface area contributed by atoms with E-state index < -0.39 is 47.4 Å². The minimum Gasteiger partial charge on any atom is -0.458 e. The summed E-state index contributed by atoms with van der Waals surface area (Å²) in [4.78, 5) is 23.2. The zero-order valence-corrected chi connectivity index (χ0v) is 13.3. The highest BCUT2D eigenvalue weighted by Gasteiger charge is 2.68. The second kappa shape index (κ2) is 7.47. The van der Waals surface area contributed by atoms with Crippen molar-refractivity contribution in [2.75, 3.05) is 6.61 Å². The van der Waals surface area contributed by atoms with Gasteiger partial charge in [0.2, 0.25) is 0 Å². The van der Waals surface area contributed by atoms with Gasteiger partial charge in [0, 0.05) is 5.57 Å². The van der Waals surface area contributed by atoms with Crippen molar-refractivity contribution in [3.63, 3.8) is 0 Å². The van der Waals surface area contributed by atoms with E-state index in [1.807, 2.05) is 0 Å². The average molecular weight is 366 g/mol. The molecule has 0 spiro atoms. The van der Waals surface area contributed by atoms with Crippen molar-refractivity contribution in [3.05, 3.63) is 12.2 Å². The van der Waals surface area contributed by atoms with E-state index in [9.17, 15) is 31.5 Å². The van der Waals surface area contributed by atoms with Gasteiger partial charge in [-0.1, -0.05) is 6.58 Å². The number of ether oxygens (including phenoxy) is 3. The van der Waals surface area contributed by atoms with E-state index in [0.29, 0.717) is 0 Å². The van der Waals surface area contributed by atoms with Crippen molar-refractivity contribution in [3.8, 4) is 0 Å². The maximum atomic E-state index is 13.3. The number of carbonyl (C=O) groups is 2. The number of halogens is 5. The second-order valence-corrected chi connectivity index (χ2v) is 5.35. The van der Waals surface area contributed by atoms with Crippen molar-refractivity contribution in [1.29, 1.82) is 0 Å². The lowest BCUT2D eigenvalue weighted by Crippen LogP contribution is -2.59. The van der Waals surface area contributed by atoms with Gasteiger partial charge in [0.15, 0.2) is 0 Å². The van der Waals surface area contributed by atoms with Crippen LogP contribution in [0.4, 0.5) is 22.0 Å². The number of rotatable bonds is 7. The normalized spacial score (nSPS) is 15.0. The van der Waals surface area contributed by atoms with E-state index >= 15 is 0 Å². The Kier molecular flexibility index (Phi) is 7.03. The van der Waals surface area contributed by atoms with Crippen LogP contribution >= 0.6 is 12.6 Å². The van der Waals surface area contributed by atoms with Gasteiger partial charge in [0.1, 0.15) is 6.61 Å². The summed E-state index contributed by atoms with van der Waals surface area (Å²) in [5.74, 6) is -8.24. The third-order valence-corrected chi connectivity index (χ3v) is 2.15. The smallest absolute Gasteiger partial charge is 0.458 e. The lowest BCUT2D eigenvalue weighted by molar-refractivity contribution is -0.360. The third-order valence-electron chi connectivity index (χ3n) is 2.02. The number of esters is 2. The first-order chi connectivity index (χ1) is 10.1. The number of alkyl halides is 5. The Hall–Kier alpha value is -1.36. The fraction of sp³-hybridized carbons (Fsp3) is 0.667. The zero-order valence-electron chi connectivity index (χ0n) is 12.4. The predicted molar refractivity (Wildman–Crippen MR) is 70.8 cm³/mol. The summed E-state index contributed by atoms with van der Waals surface area (Å²) in [7, 11) is 0. The van der Waals surface area contributed by atoms with Crippen molar-refractivity contribution >= 4 is 24.6 Å². The summed E-state index contributed by atoms with van der Waals surface area (Å²) >= 11 is 2.70. The minimum absolute atomic E-state index is 0.516. The average Bonchev–Trinajstić information content (AvgIpc) is 2.30. The summed E-state index contributed by atoms with van der Waals surface area (Å²) in [6, 6.07) is 0. The molecule has 0 radical (unpaired) electrons. The Bertz CT molecular complexity index is 471. The van der Waals surface area contributed by atoms with Crippen molar-refractivity contribution in [2.24, 2.45) is 0 Å². The van der Waals surface area contributed by atoms with Gasteiger partial charge in [-0.2, -0.15) is 22.0 Å². The van der Waals surface area contributed by atoms with Crippen LogP contribution in [0.1, 0.15) is 20.8 Å². The van der Waals surface area contributed by atoms with Gasteiger partial charge in [-0.3, -0.25) is 0 Å². The van der Waals surface area contributed by atoms with Gasteiger partial charge < -0.3 is 14.2 Å².